The third-order valence-corrected chi connectivity index (χ3v) is 3.87. The highest BCUT2D eigenvalue weighted by Gasteiger charge is 2.23. The Bertz CT molecular complexity index is 551. The number of benzene rings is 1. The fraction of sp³-hybridized carbons (Fsp3) is 0.214. The van der Waals surface area contributed by atoms with Crippen molar-refractivity contribution in [2.75, 3.05) is 5.32 Å². The van der Waals surface area contributed by atoms with Crippen LogP contribution in [0.4, 0.5) is 5.69 Å². The molecule has 0 bridgehead atoms. The fourth-order valence-electron chi connectivity index (χ4n) is 2.20. The van der Waals surface area contributed by atoms with Crippen LogP contribution in [0.15, 0.2) is 41.1 Å². The summed E-state index contributed by atoms with van der Waals surface area (Å²) in [5.41, 5.74) is 3.43. The van der Waals surface area contributed by atoms with Crippen LogP contribution in [-0.2, 0) is 17.8 Å². The number of carbonyl (C=O) groups is 1. The van der Waals surface area contributed by atoms with Crippen molar-refractivity contribution < 1.29 is 4.79 Å². The molecule has 0 fully saturated rings. The number of hydrogen-bond donors (Lipinski definition) is 2. The summed E-state index contributed by atoms with van der Waals surface area (Å²) in [4.78, 5) is 12.1. The van der Waals surface area contributed by atoms with E-state index in [-0.39, 0.29) is 11.9 Å². The molecule has 2 aromatic rings. The zero-order valence-electron chi connectivity index (χ0n) is 9.85. The molecule has 0 saturated heterocycles. The Labute approximate surface area is 110 Å². The summed E-state index contributed by atoms with van der Waals surface area (Å²) in [7, 11) is 0. The van der Waals surface area contributed by atoms with Crippen molar-refractivity contribution in [2.45, 2.75) is 19.0 Å². The van der Waals surface area contributed by atoms with Crippen LogP contribution < -0.4 is 10.6 Å². The van der Waals surface area contributed by atoms with E-state index in [4.69, 9.17) is 0 Å². The maximum absolute atomic E-state index is 12.1. The summed E-state index contributed by atoms with van der Waals surface area (Å²) in [6.45, 7) is 0.762. The van der Waals surface area contributed by atoms with Crippen LogP contribution in [0.2, 0.25) is 0 Å². The van der Waals surface area contributed by atoms with E-state index in [9.17, 15) is 4.79 Å². The second kappa shape index (κ2) is 4.92. The zero-order chi connectivity index (χ0) is 12.4. The van der Waals surface area contributed by atoms with Gasteiger partial charge in [-0.1, -0.05) is 24.3 Å². The van der Waals surface area contributed by atoms with E-state index in [0.717, 1.165) is 18.7 Å². The van der Waals surface area contributed by atoms with E-state index < -0.39 is 0 Å². The Hall–Kier alpha value is -1.65. The zero-order valence-corrected chi connectivity index (χ0v) is 10.7. The maximum Gasteiger partial charge on any atom is 0.241 e. The monoisotopic (exact) mass is 258 g/mol. The molecule has 1 atom stereocenters. The van der Waals surface area contributed by atoms with Gasteiger partial charge in [0, 0.05) is 11.9 Å². The van der Waals surface area contributed by atoms with E-state index in [1.54, 1.807) is 11.3 Å². The van der Waals surface area contributed by atoms with Gasteiger partial charge in [0.25, 0.3) is 0 Å². The molecule has 0 unspecified atom stereocenters. The number of carbonyl (C=O) groups excluding carboxylic acids is 1. The second-order valence-electron chi connectivity index (χ2n) is 4.41. The molecule has 1 aromatic carbocycles. The van der Waals surface area contributed by atoms with Gasteiger partial charge in [-0.15, -0.1) is 0 Å². The molecule has 0 saturated carbocycles. The van der Waals surface area contributed by atoms with Crippen molar-refractivity contribution in [3.8, 4) is 0 Å². The van der Waals surface area contributed by atoms with E-state index in [1.807, 2.05) is 29.0 Å². The molecular weight excluding hydrogens is 244 g/mol. The van der Waals surface area contributed by atoms with Crippen molar-refractivity contribution >= 4 is 22.9 Å². The third kappa shape index (κ3) is 2.30. The summed E-state index contributed by atoms with van der Waals surface area (Å²) >= 11 is 1.58. The van der Waals surface area contributed by atoms with Crippen LogP contribution >= 0.6 is 11.3 Å². The van der Waals surface area contributed by atoms with E-state index in [0.29, 0.717) is 0 Å². The molecule has 1 aliphatic heterocycles. The highest BCUT2D eigenvalue weighted by Crippen LogP contribution is 2.18. The summed E-state index contributed by atoms with van der Waals surface area (Å²) in [6, 6.07) is 10.0. The first-order valence-corrected chi connectivity index (χ1v) is 6.90. The van der Waals surface area contributed by atoms with Crippen LogP contribution in [0.3, 0.4) is 0 Å². The predicted octanol–water partition coefficient (Wildman–Crippen LogP) is 2.40. The number of thiophene rings is 1. The third-order valence-electron chi connectivity index (χ3n) is 3.19. The Morgan fingerprint density at radius 1 is 1.28 bits per heavy atom. The molecule has 3 rings (SSSR count). The Morgan fingerprint density at radius 2 is 2.11 bits per heavy atom. The number of anilines is 1. The van der Waals surface area contributed by atoms with Gasteiger partial charge >= 0.3 is 0 Å². The molecule has 0 radical (unpaired) electrons. The lowest BCUT2D eigenvalue weighted by molar-refractivity contribution is -0.118. The molecule has 1 aromatic heterocycles. The molecule has 4 heteroatoms. The van der Waals surface area contributed by atoms with Crippen molar-refractivity contribution in [1.82, 2.24) is 5.32 Å². The van der Waals surface area contributed by atoms with Crippen LogP contribution in [0.1, 0.15) is 11.1 Å². The van der Waals surface area contributed by atoms with Crippen LogP contribution in [0.5, 0.6) is 0 Å². The molecule has 18 heavy (non-hydrogen) atoms. The SMILES string of the molecule is O=C(Nc1ccsc1)[C@@H]1Cc2ccccc2CN1. The Morgan fingerprint density at radius 3 is 2.89 bits per heavy atom. The fourth-order valence-corrected chi connectivity index (χ4v) is 2.79. The number of nitrogens with one attached hydrogen (secondary N) is 2. The van der Waals surface area contributed by atoms with Gasteiger partial charge in [-0.25, -0.2) is 0 Å². The van der Waals surface area contributed by atoms with Gasteiger partial charge in [-0.2, -0.15) is 11.3 Å². The second-order valence-corrected chi connectivity index (χ2v) is 5.19. The van der Waals surface area contributed by atoms with Crippen molar-refractivity contribution in [3.63, 3.8) is 0 Å². The largest absolute Gasteiger partial charge is 0.324 e. The van der Waals surface area contributed by atoms with Crippen molar-refractivity contribution in [2.24, 2.45) is 0 Å². The normalized spacial score (nSPS) is 18.1. The summed E-state index contributed by atoms with van der Waals surface area (Å²) < 4.78 is 0. The molecule has 2 heterocycles. The molecule has 92 valence electrons. The highest BCUT2D eigenvalue weighted by atomic mass is 32.1. The highest BCUT2D eigenvalue weighted by molar-refractivity contribution is 7.08. The number of rotatable bonds is 2. The average molecular weight is 258 g/mol. The maximum atomic E-state index is 12.1. The number of amides is 1. The van der Waals surface area contributed by atoms with Gasteiger partial charge in [-0.3, -0.25) is 4.79 Å². The molecule has 1 aliphatic rings. The lowest BCUT2D eigenvalue weighted by Crippen LogP contribution is -2.44. The Kier molecular flexibility index (Phi) is 3.13. The predicted molar refractivity (Wildman–Crippen MR) is 73.7 cm³/mol. The minimum Gasteiger partial charge on any atom is -0.324 e. The summed E-state index contributed by atoms with van der Waals surface area (Å²) in [6.07, 6.45) is 0.756. The van der Waals surface area contributed by atoms with Crippen molar-refractivity contribution in [3.05, 3.63) is 52.2 Å². The first-order valence-electron chi connectivity index (χ1n) is 5.96. The van der Waals surface area contributed by atoms with Gasteiger partial charge in [-0.05, 0) is 29.0 Å². The molecule has 2 N–H and O–H groups in total. The van der Waals surface area contributed by atoms with Crippen LogP contribution in [0.25, 0.3) is 0 Å². The lowest BCUT2D eigenvalue weighted by atomic mass is 9.95. The summed E-state index contributed by atoms with van der Waals surface area (Å²) in [5.74, 6) is 0.0444. The minimum absolute atomic E-state index is 0.0444. The summed E-state index contributed by atoms with van der Waals surface area (Å²) in [5, 5.41) is 10.1. The van der Waals surface area contributed by atoms with E-state index in [1.165, 1.54) is 11.1 Å². The van der Waals surface area contributed by atoms with Gasteiger partial charge in [0.1, 0.15) is 0 Å². The van der Waals surface area contributed by atoms with Crippen LogP contribution in [0, 0.1) is 0 Å². The Balaban J connectivity index is 1.70. The standard InChI is InChI=1S/C14H14N2OS/c17-14(16-12-5-6-18-9-12)13-7-10-3-1-2-4-11(10)8-15-13/h1-6,9,13,15H,7-8H2,(H,16,17)/t13-/m0/s1. The molecule has 0 spiro atoms. The average Bonchev–Trinajstić information content (AvgIpc) is 2.91. The van der Waals surface area contributed by atoms with E-state index >= 15 is 0 Å². The molecule has 1 amide bonds. The molecular formula is C14H14N2OS. The van der Waals surface area contributed by atoms with E-state index in [2.05, 4.69) is 22.8 Å². The molecule has 3 nitrogen and oxygen atoms in total. The number of fused-ring (bicyclic) bond motifs is 1. The van der Waals surface area contributed by atoms with Gasteiger partial charge < -0.3 is 10.6 Å². The first-order chi connectivity index (χ1) is 8.83. The number of hydrogen-bond acceptors (Lipinski definition) is 3. The van der Waals surface area contributed by atoms with Crippen LogP contribution in [-0.4, -0.2) is 11.9 Å². The quantitative estimate of drug-likeness (QED) is 0.868. The van der Waals surface area contributed by atoms with Crippen molar-refractivity contribution in [1.29, 1.82) is 0 Å². The minimum atomic E-state index is -0.139. The van der Waals surface area contributed by atoms with Gasteiger partial charge in [0.15, 0.2) is 0 Å². The lowest BCUT2D eigenvalue weighted by Gasteiger charge is -2.25. The topological polar surface area (TPSA) is 41.1 Å². The van der Waals surface area contributed by atoms with Gasteiger partial charge in [0.2, 0.25) is 5.91 Å². The van der Waals surface area contributed by atoms with Gasteiger partial charge in [0.05, 0.1) is 11.7 Å². The first kappa shape index (κ1) is 11.4. The smallest absolute Gasteiger partial charge is 0.241 e. The molecule has 0 aliphatic carbocycles.